The topological polar surface area (TPSA) is 97.4 Å². The second-order valence-corrected chi connectivity index (χ2v) is 8.43. The van der Waals surface area contributed by atoms with E-state index in [0.29, 0.717) is 37.3 Å². The summed E-state index contributed by atoms with van der Waals surface area (Å²) in [6.07, 6.45) is 3.28. The number of nitrogens with zero attached hydrogens (tertiary/aromatic N) is 1. The van der Waals surface area contributed by atoms with Gasteiger partial charge >= 0.3 is 5.97 Å². The Morgan fingerprint density at radius 3 is 2.27 bits per heavy atom. The number of hydrogen-bond acceptors (Lipinski definition) is 6. The first kappa shape index (κ1) is 27.4. The Morgan fingerprint density at radius 2 is 1.62 bits per heavy atom. The Morgan fingerprint density at radius 1 is 0.919 bits per heavy atom. The Balaban J connectivity index is 1.79. The molecule has 7 nitrogen and oxygen atoms in total. The van der Waals surface area contributed by atoms with E-state index in [1.54, 1.807) is 31.2 Å². The second-order valence-electron chi connectivity index (χ2n) is 8.43. The average molecular weight is 510 g/mol. The number of carbonyl (C=O) groups excluding carboxylic acids is 3. The smallest absolute Gasteiger partial charge is 0.306 e. The van der Waals surface area contributed by atoms with Crippen LogP contribution in [0.5, 0.6) is 0 Å². The number of rotatable bonds is 12. The molecule has 2 N–H and O–H groups in total. The normalized spacial score (nSPS) is 10.6. The maximum absolute atomic E-state index is 13.7. The zero-order valence-corrected chi connectivity index (χ0v) is 20.8. The molecule has 0 spiro atoms. The fourth-order valence-corrected chi connectivity index (χ4v) is 3.66. The van der Waals surface area contributed by atoms with Crippen molar-refractivity contribution in [3.8, 4) is 0 Å². The number of aromatic nitrogens is 1. The molecular formula is C28H29F2N3O4. The van der Waals surface area contributed by atoms with E-state index < -0.39 is 17.5 Å². The number of anilines is 3. The lowest BCUT2D eigenvalue weighted by molar-refractivity contribution is -0.143. The summed E-state index contributed by atoms with van der Waals surface area (Å²) in [5.41, 5.74) is 2.33. The lowest BCUT2D eigenvalue weighted by Gasteiger charge is -2.14. The molecule has 37 heavy (non-hydrogen) atoms. The van der Waals surface area contributed by atoms with E-state index in [1.165, 1.54) is 12.3 Å². The van der Waals surface area contributed by atoms with Crippen molar-refractivity contribution in [1.82, 2.24) is 4.98 Å². The van der Waals surface area contributed by atoms with Gasteiger partial charge in [-0.05, 0) is 55.7 Å². The molecule has 0 saturated carbocycles. The molecule has 3 aromatic rings. The van der Waals surface area contributed by atoms with Crippen molar-refractivity contribution in [1.29, 1.82) is 0 Å². The third-order valence-corrected chi connectivity index (χ3v) is 5.39. The van der Waals surface area contributed by atoms with Crippen molar-refractivity contribution < 1.29 is 27.9 Å². The SMILES string of the molecule is CCCC(=O)Cc1cc(Nc2cc(F)cc(F)c2)c(C(=O)Nc2ccc(CCC(=O)OCC)cc2)cn1. The quantitative estimate of drug-likeness (QED) is 0.301. The van der Waals surface area contributed by atoms with Gasteiger partial charge in [-0.15, -0.1) is 0 Å². The number of ether oxygens (including phenoxy) is 1. The third-order valence-electron chi connectivity index (χ3n) is 5.39. The first-order chi connectivity index (χ1) is 17.8. The van der Waals surface area contributed by atoms with Gasteiger partial charge in [0.25, 0.3) is 5.91 Å². The number of halogens is 2. The third kappa shape index (κ3) is 8.49. The van der Waals surface area contributed by atoms with Crippen LogP contribution in [0.3, 0.4) is 0 Å². The number of hydrogen-bond donors (Lipinski definition) is 2. The van der Waals surface area contributed by atoms with Crippen molar-refractivity contribution in [2.45, 2.75) is 46.0 Å². The van der Waals surface area contributed by atoms with Crippen molar-refractivity contribution in [2.24, 2.45) is 0 Å². The van der Waals surface area contributed by atoms with Crippen LogP contribution in [0.25, 0.3) is 0 Å². The van der Waals surface area contributed by atoms with Crippen LogP contribution in [-0.4, -0.2) is 29.3 Å². The largest absolute Gasteiger partial charge is 0.466 e. The molecule has 1 aromatic heterocycles. The summed E-state index contributed by atoms with van der Waals surface area (Å²) in [6.45, 7) is 3.98. The maximum Gasteiger partial charge on any atom is 0.306 e. The predicted octanol–water partition coefficient (Wildman–Crippen LogP) is 5.76. The van der Waals surface area contributed by atoms with Crippen LogP contribution < -0.4 is 10.6 Å². The molecule has 0 aliphatic rings. The van der Waals surface area contributed by atoms with Crippen LogP contribution in [0.15, 0.2) is 54.7 Å². The highest BCUT2D eigenvalue weighted by Gasteiger charge is 2.16. The highest BCUT2D eigenvalue weighted by molar-refractivity contribution is 6.08. The van der Waals surface area contributed by atoms with Crippen LogP contribution in [0, 0.1) is 11.6 Å². The number of esters is 1. The molecule has 0 saturated heterocycles. The van der Waals surface area contributed by atoms with Gasteiger partial charge in [-0.3, -0.25) is 19.4 Å². The molecule has 0 aliphatic carbocycles. The monoisotopic (exact) mass is 509 g/mol. The number of nitrogens with one attached hydrogen (secondary N) is 2. The summed E-state index contributed by atoms with van der Waals surface area (Å²) in [5, 5.41) is 5.65. The van der Waals surface area contributed by atoms with E-state index in [-0.39, 0.29) is 41.5 Å². The number of amides is 1. The Labute approximate surface area is 214 Å². The summed E-state index contributed by atoms with van der Waals surface area (Å²) >= 11 is 0. The van der Waals surface area contributed by atoms with Crippen LogP contribution in [-0.2, 0) is 27.2 Å². The molecule has 9 heteroatoms. The van der Waals surface area contributed by atoms with E-state index in [4.69, 9.17) is 4.74 Å². The molecule has 1 heterocycles. The van der Waals surface area contributed by atoms with Crippen molar-refractivity contribution in [3.05, 3.63) is 83.2 Å². The molecule has 2 aromatic carbocycles. The summed E-state index contributed by atoms with van der Waals surface area (Å²) in [5.74, 6) is -2.33. The molecule has 194 valence electrons. The van der Waals surface area contributed by atoms with E-state index in [0.717, 1.165) is 23.8 Å². The van der Waals surface area contributed by atoms with Gasteiger partial charge in [0.15, 0.2) is 0 Å². The molecule has 0 aliphatic heterocycles. The Hall–Kier alpha value is -4.14. The lowest BCUT2D eigenvalue weighted by atomic mass is 10.1. The fourth-order valence-electron chi connectivity index (χ4n) is 3.66. The van der Waals surface area contributed by atoms with Gasteiger partial charge in [-0.25, -0.2) is 8.78 Å². The minimum absolute atomic E-state index is 0.00185. The van der Waals surface area contributed by atoms with Gasteiger partial charge in [-0.1, -0.05) is 19.1 Å². The van der Waals surface area contributed by atoms with E-state index in [1.807, 2.05) is 6.92 Å². The summed E-state index contributed by atoms with van der Waals surface area (Å²) in [6, 6.07) is 11.5. The highest BCUT2D eigenvalue weighted by Crippen LogP contribution is 2.25. The zero-order valence-electron chi connectivity index (χ0n) is 20.8. The fraction of sp³-hybridized carbons (Fsp3) is 0.286. The number of aryl methyl sites for hydroxylation is 1. The van der Waals surface area contributed by atoms with Crippen LogP contribution in [0.1, 0.15) is 54.7 Å². The maximum atomic E-state index is 13.7. The van der Waals surface area contributed by atoms with Crippen LogP contribution in [0.2, 0.25) is 0 Å². The van der Waals surface area contributed by atoms with Gasteiger partial charge in [0, 0.05) is 48.6 Å². The zero-order chi connectivity index (χ0) is 26.8. The number of ketones is 1. The van der Waals surface area contributed by atoms with Crippen molar-refractivity contribution in [2.75, 3.05) is 17.2 Å². The summed E-state index contributed by atoms with van der Waals surface area (Å²) < 4.78 is 32.4. The van der Waals surface area contributed by atoms with Gasteiger partial charge in [0.1, 0.15) is 17.4 Å². The van der Waals surface area contributed by atoms with Crippen LogP contribution in [0.4, 0.5) is 25.8 Å². The molecule has 0 radical (unpaired) electrons. The predicted molar refractivity (Wildman–Crippen MR) is 137 cm³/mol. The number of benzene rings is 2. The van der Waals surface area contributed by atoms with Gasteiger partial charge in [-0.2, -0.15) is 0 Å². The van der Waals surface area contributed by atoms with Crippen LogP contribution >= 0.6 is 0 Å². The molecule has 0 fully saturated rings. The van der Waals surface area contributed by atoms with E-state index in [2.05, 4.69) is 15.6 Å². The number of Topliss-reactive ketones (excluding diaryl/α,β-unsaturated/α-hetero) is 1. The highest BCUT2D eigenvalue weighted by atomic mass is 19.1. The van der Waals surface area contributed by atoms with Gasteiger partial charge < -0.3 is 15.4 Å². The standard InChI is InChI=1S/C28H29F2N3O4/c1-3-5-24(34)15-22-16-26(32-23-13-19(29)12-20(30)14-23)25(17-31-22)28(36)33-21-9-6-18(7-10-21)8-11-27(35)37-4-2/h6-7,9-10,12-14,16-17H,3-5,8,11,15H2,1-2H3,(H,31,32)(H,33,36). The Kier molecular flexibility index (Phi) is 9.83. The van der Waals surface area contributed by atoms with E-state index >= 15 is 0 Å². The average Bonchev–Trinajstić information content (AvgIpc) is 2.83. The molecule has 1 amide bonds. The van der Waals surface area contributed by atoms with Gasteiger partial charge in [0.2, 0.25) is 0 Å². The molecule has 0 bridgehead atoms. The minimum Gasteiger partial charge on any atom is -0.466 e. The molecule has 3 rings (SSSR count). The first-order valence-electron chi connectivity index (χ1n) is 12.1. The second kappa shape index (κ2) is 13.2. The molecular weight excluding hydrogens is 480 g/mol. The minimum atomic E-state index is -0.774. The number of pyridine rings is 1. The molecule has 0 atom stereocenters. The summed E-state index contributed by atoms with van der Waals surface area (Å²) in [4.78, 5) is 41.0. The first-order valence-corrected chi connectivity index (χ1v) is 12.1. The van der Waals surface area contributed by atoms with Gasteiger partial charge in [0.05, 0.1) is 17.9 Å². The molecule has 0 unspecified atom stereocenters. The van der Waals surface area contributed by atoms with E-state index in [9.17, 15) is 23.2 Å². The lowest BCUT2D eigenvalue weighted by Crippen LogP contribution is -2.15. The van der Waals surface area contributed by atoms with Crippen molar-refractivity contribution in [3.63, 3.8) is 0 Å². The number of carbonyl (C=O) groups is 3. The Bertz CT molecular complexity index is 1240. The summed E-state index contributed by atoms with van der Waals surface area (Å²) in [7, 11) is 0. The van der Waals surface area contributed by atoms with Crippen molar-refractivity contribution >= 4 is 34.7 Å².